The van der Waals surface area contributed by atoms with Crippen molar-refractivity contribution < 1.29 is 9.53 Å². The van der Waals surface area contributed by atoms with E-state index in [1.165, 1.54) is 29.9 Å². The number of nitrogens with one attached hydrogen (secondary N) is 1. The van der Waals surface area contributed by atoms with Crippen LogP contribution in [0.15, 0.2) is 24.3 Å². The number of rotatable bonds is 6. The van der Waals surface area contributed by atoms with Gasteiger partial charge in [-0.3, -0.25) is 4.79 Å². The summed E-state index contributed by atoms with van der Waals surface area (Å²) < 4.78 is 5.22. The molecule has 0 spiro atoms. The number of thioether (sulfide) groups is 1. The molecule has 1 heterocycles. The van der Waals surface area contributed by atoms with Crippen LogP contribution in [-0.2, 0) is 11.3 Å². The lowest BCUT2D eigenvalue weighted by atomic mass is 10.1. The summed E-state index contributed by atoms with van der Waals surface area (Å²) in [5.74, 6) is 2.74. The van der Waals surface area contributed by atoms with Crippen LogP contribution >= 0.6 is 11.8 Å². The minimum atomic E-state index is -0.457. The van der Waals surface area contributed by atoms with Gasteiger partial charge in [-0.2, -0.15) is 11.8 Å². The molecule has 3 N–H and O–H groups in total. The summed E-state index contributed by atoms with van der Waals surface area (Å²) >= 11 is 2.04. The minimum Gasteiger partial charge on any atom is -0.484 e. The number of hydrogen-bond donors (Lipinski definition) is 2. The van der Waals surface area contributed by atoms with Crippen molar-refractivity contribution in [3.05, 3.63) is 29.8 Å². The number of benzene rings is 1. The summed E-state index contributed by atoms with van der Waals surface area (Å²) in [4.78, 5) is 10.6. The molecule has 0 aromatic heterocycles. The molecule has 0 aliphatic carbocycles. The zero-order valence-corrected chi connectivity index (χ0v) is 11.7. The highest BCUT2D eigenvalue weighted by Crippen LogP contribution is 2.18. The van der Waals surface area contributed by atoms with Crippen LogP contribution in [0.5, 0.6) is 5.75 Å². The standard InChI is InChI=1S/C14H20N2O2S/c15-14(17)10-18-13-3-1-11(2-4-13)9-16-12-5-7-19-8-6-12/h1-4,12,16H,5-10H2,(H2,15,17). The lowest BCUT2D eigenvalue weighted by molar-refractivity contribution is -0.119. The summed E-state index contributed by atoms with van der Waals surface area (Å²) in [6, 6.07) is 8.42. The summed E-state index contributed by atoms with van der Waals surface area (Å²) in [7, 11) is 0. The van der Waals surface area contributed by atoms with Gasteiger partial charge >= 0.3 is 0 Å². The molecule has 19 heavy (non-hydrogen) atoms. The van der Waals surface area contributed by atoms with Gasteiger partial charge in [-0.15, -0.1) is 0 Å². The predicted molar refractivity (Wildman–Crippen MR) is 78.3 cm³/mol. The monoisotopic (exact) mass is 280 g/mol. The molecule has 0 radical (unpaired) electrons. The molecule has 0 unspecified atom stereocenters. The number of amides is 1. The lowest BCUT2D eigenvalue weighted by Crippen LogP contribution is -2.31. The Morgan fingerprint density at radius 1 is 1.32 bits per heavy atom. The number of carbonyl (C=O) groups is 1. The molecule has 0 bridgehead atoms. The van der Waals surface area contributed by atoms with E-state index < -0.39 is 5.91 Å². The van der Waals surface area contributed by atoms with E-state index in [1.807, 2.05) is 36.0 Å². The first-order valence-electron chi connectivity index (χ1n) is 6.55. The number of hydrogen-bond acceptors (Lipinski definition) is 4. The van der Waals surface area contributed by atoms with Crippen LogP contribution in [0, 0.1) is 0 Å². The quantitative estimate of drug-likeness (QED) is 0.829. The zero-order valence-electron chi connectivity index (χ0n) is 10.9. The summed E-state index contributed by atoms with van der Waals surface area (Å²) in [5, 5.41) is 3.58. The van der Waals surface area contributed by atoms with Gasteiger partial charge in [-0.1, -0.05) is 12.1 Å². The van der Waals surface area contributed by atoms with Gasteiger partial charge in [0.15, 0.2) is 6.61 Å². The van der Waals surface area contributed by atoms with Crippen LogP contribution in [0.4, 0.5) is 0 Å². The van der Waals surface area contributed by atoms with Gasteiger partial charge in [0.05, 0.1) is 0 Å². The first-order chi connectivity index (χ1) is 9.24. The Bertz CT molecular complexity index is 402. The fourth-order valence-corrected chi connectivity index (χ4v) is 3.13. The van der Waals surface area contributed by atoms with E-state index in [9.17, 15) is 4.79 Å². The molecular formula is C14H20N2O2S. The first kappa shape index (κ1) is 14.2. The van der Waals surface area contributed by atoms with Crippen molar-refractivity contribution in [1.82, 2.24) is 5.32 Å². The van der Waals surface area contributed by atoms with Gasteiger partial charge < -0.3 is 15.8 Å². The van der Waals surface area contributed by atoms with Gasteiger partial charge in [-0.05, 0) is 42.0 Å². The van der Waals surface area contributed by atoms with E-state index in [0.29, 0.717) is 11.8 Å². The van der Waals surface area contributed by atoms with E-state index >= 15 is 0 Å². The third kappa shape index (κ3) is 5.12. The summed E-state index contributed by atoms with van der Waals surface area (Å²) in [6.07, 6.45) is 2.51. The number of ether oxygens (including phenoxy) is 1. The first-order valence-corrected chi connectivity index (χ1v) is 7.70. The van der Waals surface area contributed by atoms with Gasteiger partial charge in [0.2, 0.25) is 0 Å². The number of primary amides is 1. The molecule has 1 aromatic rings. The highest BCUT2D eigenvalue weighted by atomic mass is 32.2. The van der Waals surface area contributed by atoms with E-state index in [4.69, 9.17) is 10.5 Å². The van der Waals surface area contributed by atoms with Crippen LogP contribution < -0.4 is 15.8 Å². The van der Waals surface area contributed by atoms with Gasteiger partial charge in [0, 0.05) is 12.6 Å². The molecule has 1 aliphatic rings. The molecule has 1 aliphatic heterocycles. The Kier molecular flexibility index (Phi) is 5.54. The minimum absolute atomic E-state index is 0.0721. The molecule has 1 amide bonds. The third-order valence-corrected chi connectivity index (χ3v) is 4.17. The number of nitrogens with two attached hydrogens (primary N) is 1. The van der Waals surface area contributed by atoms with Crippen LogP contribution in [0.1, 0.15) is 18.4 Å². The van der Waals surface area contributed by atoms with Crippen LogP contribution in [0.25, 0.3) is 0 Å². The topological polar surface area (TPSA) is 64.4 Å². The number of carbonyl (C=O) groups excluding carboxylic acids is 1. The molecule has 1 fully saturated rings. The SMILES string of the molecule is NC(=O)COc1ccc(CNC2CCSCC2)cc1. The summed E-state index contributed by atoms with van der Waals surface area (Å²) in [6.45, 7) is 0.808. The van der Waals surface area contributed by atoms with Crippen LogP contribution in [0.2, 0.25) is 0 Å². The second-order valence-corrected chi connectivity index (χ2v) is 5.89. The molecule has 2 rings (SSSR count). The normalized spacial score (nSPS) is 16.2. The molecule has 1 saturated heterocycles. The van der Waals surface area contributed by atoms with Crippen molar-refractivity contribution in [2.75, 3.05) is 18.1 Å². The fourth-order valence-electron chi connectivity index (χ4n) is 2.02. The highest BCUT2D eigenvalue weighted by molar-refractivity contribution is 7.99. The smallest absolute Gasteiger partial charge is 0.255 e. The van der Waals surface area contributed by atoms with E-state index in [0.717, 1.165) is 6.54 Å². The largest absolute Gasteiger partial charge is 0.484 e. The van der Waals surface area contributed by atoms with Crippen molar-refractivity contribution in [2.24, 2.45) is 5.73 Å². The van der Waals surface area contributed by atoms with Crippen molar-refractivity contribution in [2.45, 2.75) is 25.4 Å². The maximum atomic E-state index is 10.6. The molecular weight excluding hydrogens is 260 g/mol. The maximum Gasteiger partial charge on any atom is 0.255 e. The Hall–Kier alpha value is -1.20. The zero-order chi connectivity index (χ0) is 13.5. The van der Waals surface area contributed by atoms with Crippen molar-refractivity contribution in [3.8, 4) is 5.75 Å². The molecule has 104 valence electrons. The third-order valence-electron chi connectivity index (χ3n) is 3.12. The Labute approximate surface area is 118 Å². The molecule has 0 saturated carbocycles. The fraction of sp³-hybridized carbons (Fsp3) is 0.500. The van der Waals surface area contributed by atoms with Crippen molar-refractivity contribution in [3.63, 3.8) is 0 Å². The Morgan fingerprint density at radius 3 is 2.63 bits per heavy atom. The average Bonchev–Trinajstić information content (AvgIpc) is 2.45. The van der Waals surface area contributed by atoms with E-state index in [-0.39, 0.29) is 6.61 Å². The second-order valence-electron chi connectivity index (χ2n) is 4.67. The second kappa shape index (κ2) is 7.40. The van der Waals surface area contributed by atoms with E-state index in [2.05, 4.69) is 5.32 Å². The Balaban J connectivity index is 1.76. The van der Waals surface area contributed by atoms with Crippen LogP contribution in [0.3, 0.4) is 0 Å². The Morgan fingerprint density at radius 2 is 2.00 bits per heavy atom. The highest BCUT2D eigenvalue weighted by Gasteiger charge is 2.12. The molecule has 5 heteroatoms. The summed E-state index contributed by atoms with van der Waals surface area (Å²) in [5.41, 5.74) is 6.25. The van der Waals surface area contributed by atoms with E-state index in [1.54, 1.807) is 0 Å². The average molecular weight is 280 g/mol. The van der Waals surface area contributed by atoms with Gasteiger partial charge in [-0.25, -0.2) is 0 Å². The van der Waals surface area contributed by atoms with Crippen molar-refractivity contribution in [1.29, 1.82) is 0 Å². The molecule has 4 nitrogen and oxygen atoms in total. The molecule has 1 aromatic carbocycles. The molecule has 0 atom stereocenters. The maximum absolute atomic E-state index is 10.6. The predicted octanol–water partition coefficient (Wildman–Crippen LogP) is 1.54. The van der Waals surface area contributed by atoms with Gasteiger partial charge in [0.1, 0.15) is 5.75 Å². The lowest BCUT2D eigenvalue weighted by Gasteiger charge is -2.22. The van der Waals surface area contributed by atoms with Crippen molar-refractivity contribution >= 4 is 17.7 Å². The van der Waals surface area contributed by atoms with Gasteiger partial charge in [0.25, 0.3) is 5.91 Å². The van der Waals surface area contributed by atoms with Crippen LogP contribution in [-0.4, -0.2) is 30.1 Å².